The highest BCUT2D eigenvalue weighted by Gasteiger charge is 2.32. The van der Waals surface area contributed by atoms with Crippen molar-refractivity contribution in [2.24, 2.45) is 16.6 Å². The van der Waals surface area contributed by atoms with Crippen molar-refractivity contribution >= 4 is 35.8 Å². The van der Waals surface area contributed by atoms with E-state index in [1.807, 2.05) is 13.8 Å². The van der Waals surface area contributed by atoms with Gasteiger partial charge in [0.1, 0.15) is 0 Å². The number of rotatable bonds is 5. The maximum atomic E-state index is 13.0. The summed E-state index contributed by atoms with van der Waals surface area (Å²) in [6, 6.07) is 5.43. The van der Waals surface area contributed by atoms with Crippen molar-refractivity contribution < 1.29 is 18.0 Å². The van der Waals surface area contributed by atoms with Gasteiger partial charge in [0.05, 0.1) is 5.56 Å². The van der Waals surface area contributed by atoms with Crippen molar-refractivity contribution in [3.05, 3.63) is 35.4 Å². The minimum atomic E-state index is -4.36. The Morgan fingerprint density at radius 2 is 1.97 bits per heavy atom. The molecule has 1 amide bonds. The molecule has 1 fully saturated rings. The fourth-order valence-corrected chi connectivity index (χ4v) is 3.56. The molecule has 9 heteroatoms. The zero-order valence-electron chi connectivity index (χ0n) is 17.1. The maximum Gasteiger partial charge on any atom is 0.416 e. The first-order valence-corrected chi connectivity index (χ1v) is 9.44. The number of nitrogens with one attached hydrogen (secondary N) is 1. The lowest BCUT2D eigenvalue weighted by molar-refractivity contribution is -0.137. The highest BCUT2D eigenvalue weighted by molar-refractivity contribution is 14.0. The minimum Gasteiger partial charge on any atom is -0.370 e. The van der Waals surface area contributed by atoms with Gasteiger partial charge in [-0.3, -0.25) is 9.79 Å². The summed E-state index contributed by atoms with van der Waals surface area (Å²) in [6.45, 7) is 5.73. The fraction of sp³-hybridized carbons (Fsp3) is 0.600. The van der Waals surface area contributed by atoms with Gasteiger partial charge in [0.2, 0.25) is 5.91 Å². The molecule has 0 radical (unpaired) electrons. The van der Waals surface area contributed by atoms with Crippen molar-refractivity contribution in [2.45, 2.75) is 44.7 Å². The summed E-state index contributed by atoms with van der Waals surface area (Å²) in [5.74, 6) is 0.580. The van der Waals surface area contributed by atoms with E-state index in [0.29, 0.717) is 31.0 Å². The molecule has 1 aromatic carbocycles. The Hall–Kier alpha value is -1.52. The number of halogens is 4. The number of piperidine rings is 1. The number of aliphatic imine (C=N–C) groups is 1. The molecule has 1 heterocycles. The van der Waals surface area contributed by atoms with Crippen LogP contribution in [-0.2, 0) is 16.4 Å². The quantitative estimate of drug-likeness (QED) is 0.349. The van der Waals surface area contributed by atoms with Crippen molar-refractivity contribution in [3.8, 4) is 0 Å². The summed E-state index contributed by atoms with van der Waals surface area (Å²) >= 11 is 0. The van der Waals surface area contributed by atoms with Crippen LogP contribution in [0.4, 0.5) is 13.2 Å². The van der Waals surface area contributed by atoms with E-state index >= 15 is 0 Å². The Kier molecular flexibility index (Phi) is 9.23. The molecule has 0 spiro atoms. The second-order valence-electron chi connectivity index (χ2n) is 7.99. The van der Waals surface area contributed by atoms with Crippen LogP contribution in [0.5, 0.6) is 0 Å². The van der Waals surface area contributed by atoms with E-state index in [9.17, 15) is 18.0 Å². The molecular formula is C20H30F3IN4O. The second-order valence-corrected chi connectivity index (χ2v) is 7.99. The number of amides is 1. The standard InChI is InChI=1S/C20H29F3N4O.HI/c1-19(2,15-7-4-8-16(11-15)20(21,22)23)13-26-18(25-3)27-9-5-6-14(12-27)10-17(24)28;/h4,7-8,11,14H,5-6,9-10,12-13H2,1-3H3,(H2,24,28)(H,25,26);1H. The van der Waals surface area contributed by atoms with Crippen LogP contribution in [0.15, 0.2) is 29.3 Å². The third kappa shape index (κ3) is 7.35. The van der Waals surface area contributed by atoms with E-state index < -0.39 is 17.2 Å². The average Bonchev–Trinajstić information content (AvgIpc) is 2.61. The minimum absolute atomic E-state index is 0. The normalized spacial score (nSPS) is 18.2. The second kappa shape index (κ2) is 10.5. The van der Waals surface area contributed by atoms with Crippen LogP contribution < -0.4 is 11.1 Å². The number of benzene rings is 1. The van der Waals surface area contributed by atoms with Gasteiger partial charge in [-0.05, 0) is 30.4 Å². The summed E-state index contributed by atoms with van der Waals surface area (Å²) in [4.78, 5) is 17.6. The topological polar surface area (TPSA) is 70.7 Å². The molecule has 3 N–H and O–H groups in total. The maximum absolute atomic E-state index is 13.0. The van der Waals surface area contributed by atoms with Crippen molar-refractivity contribution in [1.29, 1.82) is 0 Å². The van der Waals surface area contributed by atoms with Crippen LogP contribution in [0.1, 0.15) is 44.2 Å². The monoisotopic (exact) mass is 526 g/mol. The van der Waals surface area contributed by atoms with Crippen LogP contribution in [-0.4, -0.2) is 43.4 Å². The number of hydrogen-bond acceptors (Lipinski definition) is 2. The molecule has 29 heavy (non-hydrogen) atoms. The van der Waals surface area contributed by atoms with Crippen LogP contribution in [0.2, 0.25) is 0 Å². The number of nitrogens with zero attached hydrogens (tertiary/aromatic N) is 2. The van der Waals surface area contributed by atoms with Gasteiger partial charge in [-0.25, -0.2) is 0 Å². The van der Waals surface area contributed by atoms with Crippen LogP contribution in [0.3, 0.4) is 0 Å². The number of likely N-dealkylation sites (tertiary alicyclic amines) is 1. The molecule has 1 aliphatic rings. The number of hydrogen-bond donors (Lipinski definition) is 2. The number of nitrogens with two attached hydrogens (primary N) is 1. The van der Waals surface area contributed by atoms with Gasteiger partial charge in [-0.2, -0.15) is 13.2 Å². The van der Waals surface area contributed by atoms with Crippen LogP contribution in [0, 0.1) is 5.92 Å². The van der Waals surface area contributed by atoms with Crippen molar-refractivity contribution in [3.63, 3.8) is 0 Å². The van der Waals surface area contributed by atoms with Gasteiger partial charge < -0.3 is 16.0 Å². The first-order chi connectivity index (χ1) is 13.0. The molecule has 0 aromatic heterocycles. The molecule has 1 atom stereocenters. The van der Waals surface area contributed by atoms with E-state index in [2.05, 4.69) is 15.2 Å². The number of alkyl halides is 3. The molecule has 0 aliphatic carbocycles. The Balaban J connectivity index is 0.00000420. The van der Waals surface area contributed by atoms with Crippen molar-refractivity contribution in [1.82, 2.24) is 10.2 Å². The van der Waals surface area contributed by atoms with Gasteiger partial charge in [-0.1, -0.05) is 32.0 Å². The van der Waals surface area contributed by atoms with Gasteiger partial charge in [0.25, 0.3) is 0 Å². The Bertz CT molecular complexity index is 722. The largest absolute Gasteiger partial charge is 0.416 e. The number of guanidine groups is 1. The lowest BCUT2D eigenvalue weighted by Gasteiger charge is -2.36. The van der Waals surface area contributed by atoms with Gasteiger partial charge in [0, 0.05) is 38.5 Å². The Morgan fingerprint density at radius 1 is 1.31 bits per heavy atom. The predicted octanol–water partition coefficient (Wildman–Crippen LogP) is 3.76. The highest BCUT2D eigenvalue weighted by atomic mass is 127. The summed E-state index contributed by atoms with van der Waals surface area (Å²) in [7, 11) is 1.68. The first kappa shape index (κ1) is 25.5. The highest BCUT2D eigenvalue weighted by Crippen LogP contribution is 2.32. The van der Waals surface area contributed by atoms with Crippen molar-refractivity contribution in [2.75, 3.05) is 26.7 Å². The molecule has 1 aromatic rings. The number of carbonyl (C=O) groups is 1. The lowest BCUT2D eigenvalue weighted by Crippen LogP contribution is -2.49. The van der Waals surface area contributed by atoms with Crippen LogP contribution >= 0.6 is 24.0 Å². The molecule has 1 unspecified atom stereocenters. The first-order valence-electron chi connectivity index (χ1n) is 9.44. The average molecular weight is 526 g/mol. The molecule has 0 bridgehead atoms. The zero-order chi connectivity index (χ0) is 20.9. The lowest BCUT2D eigenvalue weighted by atomic mass is 9.83. The molecule has 0 saturated carbocycles. The Morgan fingerprint density at radius 3 is 2.55 bits per heavy atom. The van der Waals surface area contributed by atoms with E-state index in [0.717, 1.165) is 25.5 Å². The van der Waals surface area contributed by atoms with Crippen LogP contribution in [0.25, 0.3) is 0 Å². The Labute approximate surface area is 187 Å². The van der Waals surface area contributed by atoms with E-state index in [1.165, 1.54) is 12.1 Å². The van der Waals surface area contributed by atoms with E-state index in [1.54, 1.807) is 13.1 Å². The molecule has 1 aliphatic heterocycles. The fourth-order valence-electron chi connectivity index (χ4n) is 3.56. The van der Waals surface area contributed by atoms with Gasteiger partial charge >= 0.3 is 6.18 Å². The SMILES string of the molecule is CN=C(NCC(C)(C)c1cccc(C(F)(F)F)c1)N1CCCC(CC(N)=O)C1.I. The zero-order valence-corrected chi connectivity index (χ0v) is 19.4. The number of primary amides is 1. The summed E-state index contributed by atoms with van der Waals surface area (Å²) in [6.07, 6.45) is -2.12. The predicted molar refractivity (Wildman–Crippen MR) is 119 cm³/mol. The number of carbonyl (C=O) groups excluding carboxylic acids is 1. The van der Waals surface area contributed by atoms with E-state index in [-0.39, 0.29) is 35.8 Å². The summed E-state index contributed by atoms with van der Waals surface area (Å²) < 4.78 is 39.1. The molecule has 5 nitrogen and oxygen atoms in total. The van der Waals surface area contributed by atoms with Gasteiger partial charge in [0.15, 0.2) is 5.96 Å². The smallest absolute Gasteiger partial charge is 0.370 e. The van der Waals surface area contributed by atoms with Gasteiger partial charge in [-0.15, -0.1) is 24.0 Å². The molecule has 1 saturated heterocycles. The molecular weight excluding hydrogens is 496 g/mol. The molecule has 2 rings (SSSR count). The molecule has 164 valence electrons. The summed E-state index contributed by atoms with van der Waals surface area (Å²) in [5, 5.41) is 3.29. The third-order valence-electron chi connectivity index (χ3n) is 5.18. The third-order valence-corrected chi connectivity index (χ3v) is 5.18. The summed E-state index contributed by atoms with van der Waals surface area (Å²) in [5.41, 5.74) is 4.75. The van der Waals surface area contributed by atoms with E-state index in [4.69, 9.17) is 5.73 Å².